The lowest BCUT2D eigenvalue weighted by Crippen LogP contribution is -2.19. The highest BCUT2D eigenvalue weighted by atomic mass is 16.2. The molecule has 0 aromatic rings. The molecule has 0 heterocycles. The smallest absolute Gasteiger partial charge is 0.0319 e. The predicted octanol–water partition coefficient (Wildman–Crippen LogP) is 2.73. The Labute approximate surface area is 88.3 Å². The van der Waals surface area contributed by atoms with Crippen LogP contribution in [-0.2, 0) is 0 Å². The lowest BCUT2D eigenvalue weighted by Gasteiger charge is -2.32. The first kappa shape index (κ1) is 13.9. The van der Waals surface area contributed by atoms with Crippen molar-refractivity contribution in [3.8, 4) is 0 Å². The van der Waals surface area contributed by atoms with Crippen molar-refractivity contribution in [2.24, 2.45) is 5.41 Å². The van der Waals surface area contributed by atoms with E-state index in [4.69, 9.17) is 10.2 Å². The third-order valence-corrected chi connectivity index (χ3v) is 3.58. The second-order valence-electron chi connectivity index (χ2n) is 4.27. The molecule has 2 heteroatoms. The highest BCUT2D eigenvalue weighted by Crippen LogP contribution is 2.48. The molecule has 2 saturated carbocycles. The number of hydrogen-bond donors (Lipinski definition) is 2. The molecular weight excluding hydrogens is 176 g/mol. The van der Waals surface area contributed by atoms with Gasteiger partial charge in [-0.1, -0.05) is 32.1 Å². The Morgan fingerprint density at radius 2 is 0.857 bits per heavy atom. The fourth-order valence-electron chi connectivity index (χ4n) is 2.93. The van der Waals surface area contributed by atoms with E-state index < -0.39 is 0 Å². The van der Waals surface area contributed by atoms with Gasteiger partial charge in [0.1, 0.15) is 0 Å². The van der Waals surface area contributed by atoms with Gasteiger partial charge in [-0.2, -0.15) is 0 Å². The first-order valence-electron chi connectivity index (χ1n) is 5.81. The standard InChI is InChI=1S/C10H18.2CH4O/c1-2-6-10(7-3-1)8-4-5-9-10;2*1-2/h1-9H2;2*2H,1H3. The summed E-state index contributed by atoms with van der Waals surface area (Å²) in [6.07, 6.45) is 13.9. The average molecular weight is 202 g/mol. The summed E-state index contributed by atoms with van der Waals surface area (Å²) in [6.45, 7) is 0. The van der Waals surface area contributed by atoms with E-state index in [-0.39, 0.29) is 0 Å². The summed E-state index contributed by atoms with van der Waals surface area (Å²) >= 11 is 0. The Kier molecular flexibility index (Phi) is 8.20. The topological polar surface area (TPSA) is 40.5 Å². The van der Waals surface area contributed by atoms with Crippen LogP contribution in [0.5, 0.6) is 0 Å². The molecule has 2 N–H and O–H groups in total. The van der Waals surface area contributed by atoms with Gasteiger partial charge in [-0.3, -0.25) is 0 Å². The maximum absolute atomic E-state index is 7.00. The van der Waals surface area contributed by atoms with E-state index >= 15 is 0 Å². The minimum Gasteiger partial charge on any atom is -0.400 e. The van der Waals surface area contributed by atoms with Crippen LogP contribution in [-0.4, -0.2) is 24.4 Å². The molecule has 0 unspecified atom stereocenters. The molecule has 2 nitrogen and oxygen atoms in total. The van der Waals surface area contributed by atoms with Gasteiger partial charge in [0.25, 0.3) is 0 Å². The summed E-state index contributed by atoms with van der Waals surface area (Å²) < 4.78 is 0. The number of rotatable bonds is 0. The van der Waals surface area contributed by atoms with Crippen LogP contribution in [0.15, 0.2) is 0 Å². The molecule has 0 aromatic heterocycles. The molecule has 2 aliphatic rings. The van der Waals surface area contributed by atoms with E-state index in [9.17, 15) is 0 Å². The van der Waals surface area contributed by atoms with Crippen LogP contribution in [0.25, 0.3) is 0 Å². The lowest BCUT2D eigenvalue weighted by atomic mass is 9.73. The van der Waals surface area contributed by atoms with E-state index in [1.807, 2.05) is 0 Å². The monoisotopic (exact) mass is 202 g/mol. The Morgan fingerprint density at radius 3 is 1.21 bits per heavy atom. The van der Waals surface area contributed by atoms with Crippen molar-refractivity contribution in [2.45, 2.75) is 57.8 Å². The summed E-state index contributed by atoms with van der Waals surface area (Å²) in [5.41, 5.74) is 0.873. The third kappa shape index (κ3) is 3.97. The van der Waals surface area contributed by atoms with Crippen LogP contribution in [0.3, 0.4) is 0 Å². The molecule has 14 heavy (non-hydrogen) atoms. The number of hydrogen-bond acceptors (Lipinski definition) is 2. The lowest BCUT2D eigenvalue weighted by molar-refractivity contribution is 0.197. The molecular formula is C12H26O2. The van der Waals surface area contributed by atoms with E-state index in [1.54, 1.807) is 25.7 Å². The molecule has 1 spiro atoms. The second-order valence-corrected chi connectivity index (χ2v) is 4.27. The van der Waals surface area contributed by atoms with Gasteiger partial charge in [-0.25, -0.2) is 0 Å². The first-order valence-corrected chi connectivity index (χ1v) is 5.81. The zero-order valence-electron chi connectivity index (χ0n) is 9.76. The Balaban J connectivity index is 0.000000379. The van der Waals surface area contributed by atoms with Crippen molar-refractivity contribution in [1.29, 1.82) is 0 Å². The maximum atomic E-state index is 7.00. The van der Waals surface area contributed by atoms with E-state index in [2.05, 4.69) is 0 Å². The van der Waals surface area contributed by atoms with Crippen molar-refractivity contribution >= 4 is 0 Å². The van der Waals surface area contributed by atoms with Gasteiger partial charge >= 0.3 is 0 Å². The first-order chi connectivity index (χ1) is 6.91. The molecule has 0 aliphatic heterocycles. The van der Waals surface area contributed by atoms with Crippen molar-refractivity contribution in [2.75, 3.05) is 14.2 Å². The molecule has 0 bridgehead atoms. The van der Waals surface area contributed by atoms with Crippen LogP contribution in [0.2, 0.25) is 0 Å². The summed E-state index contributed by atoms with van der Waals surface area (Å²) in [4.78, 5) is 0. The van der Waals surface area contributed by atoms with Crippen molar-refractivity contribution < 1.29 is 10.2 Å². The third-order valence-electron chi connectivity index (χ3n) is 3.58. The molecule has 86 valence electrons. The van der Waals surface area contributed by atoms with E-state index in [0.29, 0.717) is 0 Å². The van der Waals surface area contributed by atoms with Crippen molar-refractivity contribution in [1.82, 2.24) is 0 Å². The number of aliphatic hydroxyl groups excluding tert-OH is 2. The molecule has 2 fully saturated rings. The van der Waals surface area contributed by atoms with Crippen LogP contribution >= 0.6 is 0 Å². The van der Waals surface area contributed by atoms with Crippen molar-refractivity contribution in [3.05, 3.63) is 0 Å². The quantitative estimate of drug-likeness (QED) is 0.634. The largest absolute Gasteiger partial charge is 0.400 e. The van der Waals surface area contributed by atoms with Gasteiger partial charge in [0.2, 0.25) is 0 Å². The molecule has 2 aliphatic carbocycles. The predicted molar refractivity (Wildman–Crippen MR) is 60.3 cm³/mol. The highest BCUT2D eigenvalue weighted by molar-refractivity contribution is 4.86. The van der Waals surface area contributed by atoms with Gasteiger partial charge in [0.15, 0.2) is 0 Å². The van der Waals surface area contributed by atoms with Crippen LogP contribution in [0, 0.1) is 5.41 Å². The summed E-state index contributed by atoms with van der Waals surface area (Å²) in [7, 11) is 2.00. The molecule has 2 rings (SSSR count). The molecule has 0 atom stereocenters. The van der Waals surface area contributed by atoms with Gasteiger partial charge in [-0.05, 0) is 31.1 Å². The van der Waals surface area contributed by atoms with E-state index in [0.717, 1.165) is 19.6 Å². The van der Waals surface area contributed by atoms with Gasteiger partial charge in [0.05, 0.1) is 0 Å². The minimum atomic E-state index is 0.873. The van der Waals surface area contributed by atoms with Gasteiger partial charge in [-0.15, -0.1) is 0 Å². The molecule has 0 radical (unpaired) electrons. The van der Waals surface area contributed by atoms with Gasteiger partial charge in [0, 0.05) is 14.2 Å². The zero-order chi connectivity index (χ0) is 10.9. The second kappa shape index (κ2) is 8.25. The fraction of sp³-hybridized carbons (Fsp3) is 1.00. The van der Waals surface area contributed by atoms with Crippen molar-refractivity contribution in [3.63, 3.8) is 0 Å². The Hall–Kier alpha value is -0.0800. The van der Waals surface area contributed by atoms with Gasteiger partial charge < -0.3 is 10.2 Å². The molecule has 0 saturated heterocycles. The maximum Gasteiger partial charge on any atom is 0.0319 e. The fourth-order valence-corrected chi connectivity index (χ4v) is 2.93. The minimum absolute atomic E-state index is 0.873. The Morgan fingerprint density at radius 1 is 0.571 bits per heavy atom. The summed E-state index contributed by atoms with van der Waals surface area (Å²) in [5, 5.41) is 14.0. The van der Waals surface area contributed by atoms with Crippen LogP contribution < -0.4 is 0 Å². The van der Waals surface area contributed by atoms with E-state index in [1.165, 1.54) is 32.1 Å². The molecule has 0 amide bonds. The normalized spacial score (nSPS) is 23.1. The highest BCUT2D eigenvalue weighted by Gasteiger charge is 2.34. The zero-order valence-corrected chi connectivity index (χ0v) is 9.76. The van der Waals surface area contributed by atoms with Crippen LogP contribution in [0.4, 0.5) is 0 Å². The van der Waals surface area contributed by atoms with Crippen LogP contribution in [0.1, 0.15) is 57.8 Å². The Bertz CT molecular complexity index is 109. The number of aliphatic hydroxyl groups is 2. The average Bonchev–Trinajstić information content (AvgIpc) is 2.73. The summed E-state index contributed by atoms with van der Waals surface area (Å²) in [6, 6.07) is 0. The molecule has 0 aromatic carbocycles. The summed E-state index contributed by atoms with van der Waals surface area (Å²) in [5.74, 6) is 0. The SMILES string of the molecule is C1CCC2(CC1)CCCC2.CO.CO.